The lowest BCUT2D eigenvalue weighted by atomic mass is 10.1. The van der Waals surface area contributed by atoms with Crippen molar-refractivity contribution >= 4 is 29.9 Å². The van der Waals surface area contributed by atoms with E-state index < -0.39 is 0 Å². The predicted molar refractivity (Wildman–Crippen MR) is 131 cm³/mol. The molecule has 29 heavy (non-hydrogen) atoms. The summed E-state index contributed by atoms with van der Waals surface area (Å²) in [6, 6.07) is 16.4. The average molecular weight is 512 g/mol. The normalized spacial score (nSPS) is 12.2. The highest BCUT2D eigenvalue weighted by molar-refractivity contribution is 14.0. The molecule has 0 spiro atoms. The van der Waals surface area contributed by atoms with Gasteiger partial charge < -0.3 is 24.6 Å². The van der Waals surface area contributed by atoms with Crippen molar-refractivity contribution in [2.45, 2.75) is 12.6 Å². The molecule has 0 aliphatic carbocycles. The summed E-state index contributed by atoms with van der Waals surface area (Å²) in [5.41, 5.74) is 2.31. The molecule has 1 N–H and O–H groups in total. The number of rotatable bonds is 8. The standard InChI is InChI=1S/C22H32N4O2.HI/c1-23-22(26(4)16-18-10-7-8-13-21(18)28-6)24-15-20(25(2)3)17-11-9-12-19(14-17)27-5;/h7-14,20H,15-16H2,1-6H3,(H,23,24);1H. The zero-order valence-electron chi connectivity index (χ0n) is 18.2. The van der Waals surface area contributed by atoms with Gasteiger partial charge in [0.05, 0.1) is 20.3 Å². The lowest BCUT2D eigenvalue weighted by Crippen LogP contribution is -2.42. The topological polar surface area (TPSA) is 49.3 Å². The molecule has 0 aliphatic heterocycles. The quantitative estimate of drug-likeness (QED) is 0.333. The number of nitrogens with zero attached hydrogens (tertiary/aromatic N) is 3. The zero-order valence-corrected chi connectivity index (χ0v) is 20.5. The van der Waals surface area contributed by atoms with Crippen LogP contribution in [0.15, 0.2) is 53.5 Å². The Hall–Kier alpha value is -2.00. The van der Waals surface area contributed by atoms with Gasteiger partial charge in [-0.25, -0.2) is 0 Å². The number of likely N-dealkylation sites (N-methyl/N-ethyl adjacent to an activating group) is 1. The van der Waals surface area contributed by atoms with Gasteiger partial charge in [-0.1, -0.05) is 30.3 Å². The van der Waals surface area contributed by atoms with Crippen molar-refractivity contribution in [2.24, 2.45) is 4.99 Å². The van der Waals surface area contributed by atoms with Gasteiger partial charge in [-0.05, 0) is 37.9 Å². The van der Waals surface area contributed by atoms with Gasteiger partial charge in [-0.15, -0.1) is 24.0 Å². The molecule has 160 valence electrons. The van der Waals surface area contributed by atoms with Crippen LogP contribution in [0.25, 0.3) is 0 Å². The number of halogens is 1. The first kappa shape index (κ1) is 25.0. The van der Waals surface area contributed by atoms with Crippen molar-refractivity contribution in [1.82, 2.24) is 15.1 Å². The summed E-state index contributed by atoms with van der Waals surface area (Å²) in [5.74, 6) is 2.58. The Morgan fingerprint density at radius 2 is 1.76 bits per heavy atom. The number of nitrogens with one attached hydrogen (secondary N) is 1. The summed E-state index contributed by atoms with van der Waals surface area (Å²) < 4.78 is 10.8. The molecular weight excluding hydrogens is 479 g/mol. The van der Waals surface area contributed by atoms with Gasteiger partial charge in [0, 0.05) is 32.7 Å². The monoisotopic (exact) mass is 512 g/mol. The fourth-order valence-electron chi connectivity index (χ4n) is 3.18. The lowest BCUT2D eigenvalue weighted by Gasteiger charge is -2.29. The second-order valence-electron chi connectivity index (χ2n) is 6.85. The van der Waals surface area contributed by atoms with E-state index in [0.717, 1.165) is 29.6 Å². The molecule has 0 aliphatic rings. The van der Waals surface area contributed by atoms with Crippen molar-refractivity contribution in [3.8, 4) is 11.5 Å². The molecule has 0 saturated heterocycles. The average Bonchev–Trinajstić information content (AvgIpc) is 2.71. The minimum Gasteiger partial charge on any atom is -0.497 e. The third-order valence-electron chi connectivity index (χ3n) is 4.73. The Morgan fingerprint density at radius 3 is 2.38 bits per heavy atom. The highest BCUT2D eigenvalue weighted by atomic mass is 127. The molecule has 2 rings (SSSR count). The van der Waals surface area contributed by atoms with Gasteiger partial charge in [-0.3, -0.25) is 4.99 Å². The fourth-order valence-corrected chi connectivity index (χ4v) is 3.18. The Balaban J connectivity index is 0.00000420. The first-order valence-electron chi connectivity index (χ1n) is 9.34. The van der Waals surface area contributed by atoms with Crippen LogP contribution in [-0.2, 0) is 6.54 Å². The second kappa shape index (κ2) is 12.5. The first-order chi connectivity index (χ1) is 13.5. The molecule has 0 heterocycles. The van der Waals surface area contributed by atoms with Gasteiger partial charge >= 0.3 is 0 Å². The van der Waals surface area contributed by atoms with E-state index in [0.29, 0.717) is 6.54 Å². The highest BCUT2D eigenvalue weighted by Crippen LogP contribution is 2.22. The van der Waals surface area contributed by atoms with E-state index in [9.17, 15) is 0 Å². The first-order valence-corrected chi connectivity index (χ1v) is 9.34. The van der Waals surface area contributed by atoms with Crippen LogP contribution in [0.5, 0.6) is 11.5 Å². The number of hydrogen-bond donors (Lipinski definition) is 1. The summed E-state index contributed by atoms with van der Waals surface area (Å²) >= 11 is 0. The van der Waals surface area contributed by atoms with Gasteiger partial charge in [0.2, 0.25) is 0 Å². The zero-order chi connectivity index (χ0) is 20.5. The molecule has 7 heteroatoms. The number of hydrogen-bond acceptors (Lipinski definition) is 4. The van der Waals surface area contributed by atoms with Crippen molar-refractivity contribution in [3.05, 3.63) is 59.7 Å². The molecule has 0 fully saturated rings. The summed E-state index contributed by atoms with van der Waals surface area (Å²) in [6.07, 6.45) is 0. The number of methoxy groups -OCH3 is 2. The Labute approximate surface area is 191 Å². The van der Waals surface area contributed by atoms with E-state index >= 15 is 0 Å². The van der Waals surface area contributed by atoms with Gasteiger partial charge in [0.25, 0.3) is 0 Å². The Bertz CT molecular complexity index is 783. The van der Waals surface area contributed by atoms with Gasteiger partial charge in [0.15, 0.2) is 5.96 Å². The number of aliphatic imine (C=N–C) groups is 1. The maximum absolute atomic E-state index is 5.46. The molecule has 1 unspecified atom stereocenters. The van der Waals surface area contributed by atoms with Crippen LogP contribution >= 0.6 is 24.0 Å². The summed E-state index contributed by atoms with van der Waals surface area (Å²) in [4.78, 5) is 8.73. The molecule has 0 saturated carbocycles. The molecule has 2 aromatic carbocycles. The molecule has 1 atom stereocenters. The minimum absolute atomic E-state index is 0. The Kier molecular flexibility index (Phi) is 10.8. The van der Waals surface area contributed by atoms with E-state index in [4.69, 9.17) is 9.47 Å². The van der Waals surface area contributed by atoms with Crippen LogP contribution in [0.3, 0.4) is 0 Å². The third-order valence-corrected chi connectivity index (χ3v) is 4.73. The van der Waals surface area contributed by atoms with Crippen LogP contribution in [0, 0.1) is 0 Å². The molecule has 6 nitrogen and oxygen atoms in total. The van der Waals surface area contributed by atoms with Crippen molar-refractivity contribution in [1.29, 1.82) is 0 Å². The van der Waals surface area contributed by atoms with Crippen LogP contribution in [0.1, 0.15) is 17.2 Å². The van der Waals surface area contributed by atoms with E-state index in [1.54, 1.807) is 21.3 Å². The number of guanidine groups is 1. The van der Waals surface area contributed by atoms with Crippen LogP contribution in [0.2, 0.25) is 0 Å². The van der Waals surface area contributed by atoms with Crippen molar-refractivity contribution < 1.29 is 9.47 Å². The highest BCUT2D eigenvalue weighted by Gasteiger charge is 2.17. The summed E-state index contributed by atoms with van der Waals surface area (Å²) in [6.45, 7) is 1.43. The summed E-state index contributed by atoms with van der Waals surface area (Å²) in [7, 11) is 11.4. The molecule has 2 aromatic rings. The smallest absolute Gasteiger partial charge is 0.193 e. The van der Waals surface area contributed by atoms with Gasteiger partial charge in [-0.2, -0.15) is 0 Å². The largest absolute Gasteiger partial charge is 0.497 e. The number of para-hydroxylation sites is 1. The number of ether oxygens (including phenoxy) is 2. The predicted octanol–water partition coefficient (Wildman–Crippen LogP) is 3.63. The van der Waals surface area contributed by atoms with Crippen LogP contribution < -0.4 is 14.8 Å². The fraction of sp³-hybridized carbons (Fsp3) is 0.409. The molecule has 0 amide bonds. The lowest BCUT2D eigenvalue weighted by molar-refractivity contribution is 0.294. The van der Waals surface area contributed by atoms with E-state index in [2.05, 4.69) is 52.4 Å². The SMILES string of the molecule is CN=C(NCC(c1cccc(OC)c1)N(C)C)N(C)Cc1ccccc1OC.I. The number of benzene rings is 2. The molecule has 0 radical (unpaired) electrons. The Morgan fingerprint density at radius 1 is 1.03 bits per heavy atom. The minimum atomic E-state index is 0. The third kappa shape index (κ3) is 7.08. The van der Waals surface area contributed by atoms with E-state index in [1.807, 2.05) is 37.4 Å². The van der Waals surface area contributed by atoms with E-state index in [-0.39, 0.29) is 30.0 Å². The molecular formula is C22H33IN4O2. The van der Waals surface area contributed by atoms with E-state index in [1.165, 1.54) is 5.56 Å². The van der Waals surface area contributed by atoms with Crippen molar-refractivity contribution in [2.75, 3.05) is 49.0 Å². The molecule has 0 aromatic heterocycles. The van der Waals surface area contributed by atoms with Crippen LogP contribution in [0.4, 0.5) is 0 Å². The maximum Gasteiger partial charge on any atom is 0.193 e. The summed E-state index contributed by atoms with van der Waals surface area (Å²) in [5, 5.41) is 3.50. The van der Waals surface area contributed by atoms with Crippen molar-refractivity contribution in [3.63, 3.8) is 0 Å². The van der Waals surface area contributed by atoms with Crippen LogP contribution in [-0.4, -0.2) is 64.7 Å². The second-order valence-corrected chi connectivity index (χ2v) is 6.85. The van der Waals surface area contributed by atoms with Gasteiger partial charge in [0.1, 0.15) is 11.5 Å². The molecule has 0 bridgehead atoms. The maximum atomic E-state index is 5.46.